The summed E-state index contributed by atoms with van der Waals surface area (Å²) in [7, 11) is 1.62. The van der Waals surface area contributed by atoms with Crippen molar-refractivity contribution in [1.82, 2.24) is 4.90 Å². The molecule has 0 aliphatic carbocycles. The molecule has 0 fully saturated rings. The number of rotatable bonds is 6. The highest BCUT2D eigenvalue weighted by Gasteiger charge is 2.16. The third-order valence-corrected chi connectivity index (χ3v) is 3.71. The number of fused-ring (bicyclic) bond motifs is 1. The standard InChI is InChI=1S/C18H19NO6/c1-19(11-14-3-2-6-22-14)17(20)12-25-18(21)10-13-4-5-15-16(9-13)24-8-7-23-15/h2-6,9H,7-8,10-12H2,1H3. The Labute approximate surface area is 145 Å². The Kier molecular flexibility index (Phi) is 5.23. The van der Waals surface area contributed by atoms with E-state index >= 15 is 0 Å². The first kappa shape index (κ1) is 16.9. The summed E-state index contributed by atoms with van der Waals surface area (Å²) in [5, 5.41) is 0. The SMILES string of the molecule is CN(Cc1ccco1)C(=O)COC(=O)Cc1ccc2c(c1)OCCO2. The summed E-state index contributed by atoms with van der Waals surface area (Å²) in [4.78, 5) is 25.4. The predicted octanol–water partition coefficient (Wildman–Crippen LogP) is 1.80. The lowest BCUT2D eigenvalue weighted by Gasteiger charge is -2.19. The maximum Gasteiger partial charge on any atom is 0.310 e. The van der Waals surface area contributed by atoms with Crippen LogP contribution in [0, 0.1) is 0 Å². The van der Waals surface area contributed by atoms with E-state index in [1.165, 1.54) is 4.90 Å². The van der Waals surface area contributed by atoms with E-state index in [-0.39, 0.29) is 18.9 Å². The first-order valence-corrected chi connectivity index (χ1v) is 7.92. The molecule has 7 nitrogen and oxygen atoms in total. The minimum Gasteiger partial charge on any atom is -0.486 e. The summed E-state index contributed by atoms with van der Waals surface area (Å²) in [5.74, 6) is 1.17. The third-order valence-electron chi connectivity index (χ3n) is 3.71. The van der Waals surface area contributed by atoms with Crippen molar-refractivity contribution in [3.63, 3.8) is 0 Å². The van der Waals surface area contributed by atoms with Crippen LogP contribution in [0.4, 0.5) is 0 Å². The van der Waals surface area contributed by atoms with E-state index in [1.54, 1.807) is 43.6 Å². The summed E-state index contributed by atoms with van der Waals surface area (Å²) in [6, 6.07) is 8.82. The lowest BCUT2D eigenvalue weighted by Crippen LogP contribution is -2.30. The largest absolute Gasteiger partial charge is 0.486 e. The van der Waals surface area contributed by atoms with Gasteiger partial charge in [-0.1, -0.05) is 6.07 Å². The zero-order valence-corrected chi connectivity index (χ0v) is 13.9. The van der Waals surface area contributed by atoms with Gasteiger partial charge in [0.1, 0.15) is 19.0 Å². The van der Waals surface area contributed by atoms with Crippen LogP contribution in [0.25, 0.3) is 0 Å². The summed E-state index contributed by atoms with van der Waals surface area (Å²) in [6.45, 7) is 1.02. The molecule has 25 heavy (non-hydrogen) atoms. The average molecular weight is 345 g/mol. The van der Waals surface area contributed by atoms with Gasteiger partial charge in [0.2, 0.25) is 0 Å². The van der Waals surface area contributed by atoms with Gasteiger partial charge in [-0.25, -0.2) is 0 Å². The second kappa shape index (κ2) is 7.74. The fourth-order valence-electron chi connectivity index (χ4n) is 2.39. The number of likely N-dealkylation sites (N-methyl/N-ethyl adjacent to an activating group) is 1. The van der Waals surface area contributed by atoms with Gasteiger partial charge in [-0.2, -0.15) is 0 Å². The molecule has 2 heterocycles. The topological polar surface area (TPSA) is 78.2 Å². The Morgan fingerprint density at radius 3 is 2.72 bits per heavy atom. The number of hydrogen-bond donors (Lipinski definition) is 0. The summed E-state index contributed by atoms with van der Waals surface area (Å²) in [5.41, 5.74) is 0.741. The van der Waals surface area contributed by atoms with Crippen molar-refractivity contribution in [2.45, 2.75) is 13.0 Å². The molecular formula is C18H19NO6. The molecule has 1 aromatic carbocycles. The average Bonchev–Trinajstić information content (AvgIpc) is 3.12. The van der Waals surface area contributed by atoms with Crippen LogP contribution in [-0.4, -0.2) is 43.6 Å². The zero-order chi connectivity index (χ0) is 17.6. The molecule has 1 aliphatic heterocycles. The van der Waals surface area contributed by atoms with Gasteiger partial charge in [0, 0.05) is 7.05 Å². The minimum absolute atomic E-state index is 0.0613. The van der Waals surface area contributed by atoms with E-state index in [0.717, 1.165) is 5.56 Å². The maximum absolute atomic E-state index is 12.0. The number of carbonyl (C=O) groups excluding carboxylic acids is 2. The minimum atomic E-state index is -0.476. The Morgan fingerprint density at radius 2 is 1.96 bits per heavy atom. The number of hydrogen-bond acceptors (Lipinski definition) is 6. The highest BCUT2D eigenvalue weighted by Crippen LogP contribution is 2.30. The number of esters is 1. The Hall–Kier alpha value is -2.96. The molecule has 0 unspecified atom stereocenters. The Bertz CT molecular complexity index is 740. The van der Waals surface area contributed by atoms with Crippen LogP contribution >= 0.6 is 0 Å². The number of carbonyl (C=O) groups is 2. The molecule has 1 amide bonds. The monoisotopic (exact) mass is 345 g/mol. The maximum atomic E-state index is 12.0. The second-order valence-corrected chi connectivity index (χ2v) is 5.64. The van der Waals surface area contributed by atoms with E-state index in [9.17, 15) is 9.59 Å². The van der Waals surface area contributed by atoms with Gasteiger partial charge in [0.25, 0.3) is 5.91 Å². The van der Waals surface area contributed by atoms with Gasteiger partial charge in [0.15, 0.2) is 18.1 Å². The van der Waals surface area contributed by atoms with Crippen molar-refractivity contribution < 1.29 is 28.2 Å². The van der Waals surface area contributed by atoms with Crippen molar-refractivity contribution >= 4 is 11.9 Å². The van der Waals surface area contributed by atoms with Crippen LogP contribution in [0.3, 0.4) is 0 Å². The van der Waals surface area contributed by atoms with E-state index < -0.39 is 5.97 Å². The lowest BCUT2D eigenvalue weighted by molar-refractivity contribution is -0.151. The molecule has 1 aliphatic rings. The highest BCUT2D eigenvalue weighted by atomic mass is 16.6. The van der Waals surface area contributed by atoms with Crippen molar-refractivity contribution in [3.8, 4) is 11.5 Å². The van der Waals surface area contributed by atoms with E-state index in [1.807, 2.05) is 0 Å². The summed E-state index contributed by atoms with van der Waals surface area (Å²) in [6.07, 6.45) is 1.60. The smallest absolute Gasteiger partial charge is 0.310 e. The molecule has 0 N–H and O–H groups in total. The Balaban J connectivity index is 1.46. The van der Waals surface area contributed by atoms with Gasteiger partial charge >= 0.3 is 5.97 Å². The normalized spacial score (nSPS) is 12.5. The number of furan rings is 1. The van der Waals surface area contributed by atoms with Crippen molar-refractivity contribution in [2.75, 3.05) is 26.9 Å². The molecule has 132 valence electrons. The molecule has 2 aromatic rings. The quantitative estimate of drug-likeness (QED) is 0.743. The molecule has 0 spiro atoms. The van der Waals surface area contributed by atoms with Crippen LogP contribution in [0.2, 0.25) is 0 Å². The van der Waals surface area contributed by atoms with E-state index in [0.29, 0.717) is 37.0 Å². The molecule has 3 rings (SSSR count). The number of nitrogens with zero attached hydrogens (tertiary/aromatic N) is 1. The third kappa shape index (κ3) is 4.53. The van der Waals surface area contributed by atoms with Gasteiger partial charge < -0.3 is 23.5 Å². The fraction of sp³-hybridized carbons (Fsp3) is 0.333. The van der Waals surface area contributed by atoms with Crippen LogP contribution in [0.15, 0.2) is 41.0 Å². The molecule has 1 aromatic heterocycles. The first-order chi connectivity index (χ1) is 12.1. The fourth-order valence-corrected chi connectivity index (χ4v) is 2.39. The van der Waals surface area contributed by atoms with Crippen molar-refractivity contribution in [1.29, 1.82) is 0 Å². The molecular weight excluding hydrogens is 326 g/mol. The molecule has 7 heteroatoms. The first-order valence-electron chi connectivity index (χ1n) is 7.92. The molecule has 0 saturated carbocycles. The van der Waals surface area contributed by atoms with Gasteiger partial charge in [-0.05, 0) is 29.8 Å². The predicted molar refractivity (Wildman–Crippen MR) is 87.3 cm³/mol. The molecule has 0 saturated heterocycles. The van der Waals surface area contributed by atoms with Gasteiger partial charge in [-0.3, -0.25) is 9.59 Å². The number of ether oxygens (including phenoxy) is 3. The number of amides is 1. The Morgan fingerprint density at radius 1 is 1.16 bits per heavy atom. The summed E-state index contributed by atoms with van der Waals surface area (Å²) >= 11 is 0. The summed E-state index contributed by atoms with van der Waals surface area (Å²) < 4.78 is 21.2. The van der Waals surface area contributed by atoms with Crippen molar-refractivity contribution in [2.24, 2.45) is 0 Å². The second-order valence-electron chi connectivity index (χ2n) is 5.64. The molecule has 0 radical (unpaired) electrons. The van der Waals surface area contributed by atoms with Gasteiger partial charge in [0.05, 0.1) is 19.2 Å². The van der Waals surface area contributed by atoms with Crippen LogP contribution in [-0.2, 0) is 27.3 Å². The molecule has 0 atom stereocenters. The van der Waals surface area contributed by atoms with E-state index in [2.05, 4.69) is 0 Å². The van der Waals surface area contributed by atoms with Crippen molar-refractivity contribution in [3.05, 3.63) is 47.9 Å². The van der Waals surface area contributed by atoms with E-state index in [4.69, 9.17) is 18.6 Å². The zero-order valence-electron chi connectivity index (χ0n) is 13.9. The van der Waals surface area contributed by atoms with Crippen LogP contribution in [0.1, 0.15) is 11.3 Å². The molecule has 0 bridgehead atoms. The van der Waals surface area contributed by atoms with Gasteiger partial charge in [-0.15, -0.1) is 0 Å². The highest BCUT2D eigenvalue weighted by molar-refractivity contribution is 5.81. The van der Waals surface area contributed by atoms with Crippen LogP contribution in [0.5, 0.6) is 11.5 Å². The van der Waals surface area contributed by atoms with Crippen LogP contribution < -0.4 is 9.47 Å². The number of benzene rings is 1. The lowest BCUT2D eigenvalue weighted by atomic mass is 10.1.